The number of carbonyl (C=O) groups is 1. The summed E-state index contributed by atoms with van der Waals surface area (Å²) in [4.78, 5) is 25.7. The van der Waals surface area contributed by atoms with Crippen LogP contribution >= 0.6 is 11.6 Å². The Hall–Kier alpha value is -2.93. The number of esters is 1. The van der Waals surface area contributed by atoms with Gasteiger partial charge in [0.15, 0.2) is 5.75 Å². The molecule has 0 aromatic heterocycles. The summed E-state index contributed by atoms with van der Waals surface area (Å²) in [7, 11) is 1.26. The van der Waals surface area contributed by atoms with Crippen molar-refractivity contribution in [1.29, 1.82) is 0 Å². The molecule has 7 nitrogen and oxygen atoms in total. The second-order valence-corrected chi connectivity index (χ2v) is 4.83. The van der Waals surface area contributed by atoms with Gasteiger partial charge in [0.25, 0.3) is 0 Å². The number of phenolic OH excluding ortho intramolecular Hbond substituents is 1. The van der Waals surface area contributed by atoms with Crippen LogP contribution in [0, 0.1) is 10.1 Å². The van der Waals surface area contributed by atoms with Crippen LogP contribution in [0.1, 0.15) is 15.9 Å². The van der Waals surface area contributed by atoms with Crippen LogP contribution < -0.4 is 0 Å². The van der Waals surface area contributed by atoms with Crippen LogP contribution in [0.5, 0.6) is 5.75 Å². The summed E-state index contributed by atoms with van der Waals surface area (Å²) in [6, 6.07) is 8.28. The van der Waals surface area contributed by atoms with E-state index >= 15 is 0 Å². The fourth-order valence-corrected chi connectivity index (χ4v) is 1.93. The van der Waals surface area contributed by atoms with Crippen molar-refractivity contribution in [3.63, 3.8) is 0 Å². The summed E-state index contributed by atoms with van der Waals surface area (Å²) in [6.07, 6.45) is 1.34. The SMILES string of the molecule is COC(=O)c1ccc(Cl)c(N=Cc2ccc(O)c([N+](=O)[O-])c2)c1. The Morgan fingerprint density at radius 2 is 2.09 bits per heavy atom. The van der Waals surface area contributed by atoms with Gasteiger partial charge in [0.1, 0.15) is 0 Å². The van der Waals surface area contributed by atoms with Crippen molar-refractivity contribution in [2.75, 3.05) is 7.11 Å². The molecule has 0 saturated heterocycles. The Labute approximate surface area is 136 Å². The summed E-state index contributed by atoms with van der Waals surface area (Å²) in [5, 5.41) is 20.5. The van der Waals surface area contributed by atoms with Gasteiger partial charge in [-0.25, -0.2) is 4.79 Å². The highest BCUT2D eigenvalue weighted by atomic mass is 35.5. The molecular formula is C15H11ClN2O5. The predicted octanol–water partition coefficient (Wildman–Crippen LogP) is 3.49. The summed E-state index contributed by atoms with van der Waals surface area (Å²) in [5.74, 6) is -0.962. The van der Waals surface area contributed by atoms with E-state index in [2.05, 4.69) is 9.73 Å². The fourth-order valence-electron chi connectivity index (χ4n) is 1.77. The van der Waals surface area contributed by atoms with Gasteiger partial charge in [0.05, 0.1) is 28.3 Å². The van der Waals surface area contributed by atoms with E-state index in [1.165, 1.54) is 49.7 Å². The van der Waals surface area contributed by atoms with Crippen LogP contribution in [0.25, 0.3) is 0 Å². The van der Waals surface area contributed by atoms with Gasteiger partial charge in [0.2, 0.25) is 0 Å². The molecular weight excluding hydrogens is 324 g/mol. The van der Waals surface area contributed by atoms with E-state index in [1.807, 2.05) is 0 Å². The maximum Gasteiger partial charge on any atom is 0.337 e. The number of hydrogen-bond acceptors (Lipinski definition) is 6. The zero-order valence-corrected chi connectivity index (χ0v) is 12.6. The number of rotatable bonds is 4. The van der Waals surface area contributed by atoms with Gasteiger partial charge < -0.3 is 9.84 Å². The van der Waals surface area contributed by atoms with Crippen molar-refractivity contribution in [2.24, 2.45) is 4.99 Å². The molecule has 2 aromatic rings. The van der Waals surface area contributed by atoms with Crippen molar-refractivity contribution in [3.05, 3.63) is 62.7 Å². The molecule has 0 heterocycles. The number of benzene rings is 2. The van der Waals surface area contributed by atoms with E-state index in [1.54, 1.807) is 0 Å². The highest BCUT2D eigenvalue weighted by Gasteiger charge is 2.13. The van der Waals surface area contributed by atoms with E-state index in [-0.39, 0.29) is 5.56 Å². The van der Waals surface area contributed by atoms with Gasteiger partial charge in [-0.2, -0.15) is 0 Å². The maximum absolute atomic E-state index is 11.5. The van der Waals surface area contributed by atoms with Crippen molar-refractivity contribution in [2.45, 2.75) is 0 Å². The summed E-state index contributed by atoms with van der Waals surface area (Å²) >= 11 is 6.00. The number of carbonyl (C=O) groups excluding carboxylic acids is 1. The third-order valence-electron chi connectivity index (χ3n) is 2.92. The van der Waals surface area contributed by atoms with E-state index in [0.29, 0.717) is 16.3 Å². The highest BCUT2D eigenvalue weighted by molar-refractivity contribution is 6.33. The van der Waals surface area contributed by atoms with Crippen molar-refractivity contribution in [1.82, 2.24) is 0 Å². The zero-order chi connectivity index (χ0) is 17.0. The first-order valence-electron chi connectivity index (χ1n) is 6.31. The van der Waals surface area contributed by atoms with Crippen molar-refractivity contribution < 1.29 is 19.6 Å². The molecule has 0 aliphatic carbocycles. The standard InChI is InChI=1S/C15H11ClN2O5/c1-23-15(20)10-3-4-11(16)12(7-10)17-8-9-2-5-14(19)13(6-9)18(21)22/h2-8,19H,1H3. The summed E-state index contributed by atoms with van der Waals surface area (Å²) in [6.45, 7) is 0. The van der Waals surface area contributed by atoms with Crippen LogP contribution in [0.4, 0.5) is 11.4 Å². The quantitative estimate of drug-likeness (QED) is 0.399. The average Bonchev–Trinajstić information content (AvgIpc) is 2.54. The minimum Gasteiger partial charge on any atom is -0.502 e. The molecule has 23 heavy (non-hydrogen) atoms. The van der Waals surface area contributed by atoms with Crippen molar-refractivity contribution in [3.8, 4) is 5.75 Å². The molecule has 2 aromatic carbocycles. The van der Waals surface area contributed by atoms with Gasteiger partial charge >= 0.3 is 11.7 Å². The number of nitro groups is 1. The molecule has 8 heteroatoms. The van der Waals surface area contributed by atoms with Gasteiger partial charge in [0, 0.05) is 12.3 Å². The van der Waals surface area contributed by atoms with E-state index in [9.17, 15) is 20.0 Å². The highest BCUT2D eigenvalue weighted by Crippen LogP contribution is 2.28. The zero-order valence-electron chi connectivity index (χ0n) is 11.9. The molecule has 0 spiro atoms. The third kappa shape index (κ3) is 3.83. The van der Waals surface area contributed by atoms with Gasteiger partial charge in [-0.1, -0.05) is 11.6 Å². The topological polar surface area (TPSA) is 102 Å². The average molecular weight is 335 g/mol. The molecule has 0 saturated carbocycles. The Morgan fingerprint density at radius 3 is 2.74 bits per heavy atom. The number of hydrogen-bond donors (Lipinski definition) is 1. The Balaban J connectivity index is 2.35. The number of phenols is 1. The first-order chi connectivity index (χ1) is 10.9. The molecule has 0 aliphatic heterocycles. The lowest BCUT2D eigenvalue weighted by Crippen LogP contribution is -2.00. The minimum atomic E-state index is -0.697. The number of methoxy groups -OCH3 is 1. The number of ether oxygens (including phenoxy) is 1. The molecule has 0 radical (unpaired) electrons. The second kappa shape index (κ2) is 6.89. The Bertz CT molecular complexity index is 804. The van der Waals surface area contributed by atoms with Crippen LogP contribution in [0.2, 0.25) is 5.02 Å². The smallest absolute Gasteiger partial charge is 0.337 e. The largest absolute Gasteiger partial charge is 0.502 e. The molecule has 0 atom stereocenters. The number of nitro benzene ring substituents is 1. The van der Waals surface area contributed by atoms with Gasteiger partial charge in [-0.3, -0.25) is 15.1 Å². The van der Waals surface area contributed by atoms with Gasteiger partial charge in [-0.15, -0.1) is 0 Å². The molecule has 0 aliphatic rings. The summed E-state index contributed by atoms with van der Waals surface area (Å²) < 4.78 is 4.61. The minimum absolute atomic E-state index is 0.278. The predicted molar refractivity (Wildman–Crippen MR) is 84.8 cm³/mol. The molecule has 2 rings (SSSR count). The molecule has 0 unspecified atom stereocenters. The first kappa shape index (κ1) is 16.4. The van der Waals surface area contributed by atoms with Crippen LogP contribution in [0.15, 0.2) is 41.4 Å². The monoisotopic (exact) mass is 334 g/mol. The van der Waals surface area contributed by atoms with Crippen LogP contribution in [0.3, 0.4) is 0 Å². The first-order valence-corrected chi connectivity index (χ1v) is 6.69. The Morgan fingerprint density at radius 1 is 1.35 bits per heavy atom. The molecule has 0 bridgehead atoms. The van der Waals surface area contributed by atoms with Gasteiger partial charge in [-0.05, 0) is 35.9 Å². The lowest BCUT2D eigenvalue weighted by atomic mass is 10.2. The Kier molecular flexibility index (Phi) is 4.92. The normalized spacial score (nSPS) is 10.7. The number of aromatic hydroxyl groups is 1. The van der Waals surface area contributed by atoms with Crippen LogP contribution in [-0.2, 0) is 4.74 Å². The number of aliphatic imine (C=N–C) groups is 1. The molecule has 0 fully saturated rings. The molecule has 0 amide bonds. The van der Waals surface area contributed by atoms with E-state index in [0.717, 1.165) is 0 Å². The van der Waals surface area contributed by atoms with E-state index in [4.69, 9.17) is 11.6 Å². The fraction of sp³-hybridized carbons (Fsp3) is 0.0667. The maximum atomic E-state index is 11.5. The van der Waals surface area contributed by atoms with Crippen molar-refractivity contribution >= 4 is 35.2 Å². The van der Waals surface area contributed by atoms with E-state index < -0.39 is 22.3 Å². The third-order valence-corrected chi connectivity index (χ3v) is 3.24. The number of nitrogens with zero attached hydrogens (tertiary/aromatic N) is 2. The summed E-state index contributed by atoms with van der Waals surface area (Å²) in [5.41, 5.74) is 0.559. The number of halogens is 1. The molecule has 118 valence electrons. The molecule has 1 N–H and O–H groups in total. The van der Waals surface area contributed by atoms with Crippen LogP contribution in [-0.4, -0.2) is 29.3 Å². The second-order valence-electron chi connectivity index (χ2n) is 4.42. The lowest BCUT2D eigenvalue weighted by molar-refractivity contribution is -0.385. The lowest BCUT2D eigenvalue weighted by Gasteiger charge is -2.02.